The van der Waals surface area contributed by atoms with Gasteiger partial charge in [-0.15, -0.1) is 0 Å². The van der Waals surface area contributed by atoms with E-state index in [1.165, 1.54) is 0 Å². The number of hydrogen-bond acceptors (Lipinski definition) is 2. The molecule has 0 saturated carbocycles. The largest absolute Gasteiger partial charge is 0.303 e. The Morgan fingerprint density at radius 1 is 0.833 bits per heavy atom. The maximum Gasteiger partial charge on any atom is 0.149 e. The van der Waals surface area contributed by atoms with Gasteiger partial charge in [0.15, 0.2) is 0 Å². The summed E-state index contributed by atoms with van der Waals surface area (Å²) in [5.74, 6) is 0.227. The van der Waals surface area contributed by atoms with Gasteiger partial charge in [0, 0.05) is 12.5 Å². The molecule has 2 aromatic rings. The average Bonchev–Trinajstić information content (AvgIpc) is 2.65. The molecule has 2 rings (SSSR count). The second-order valence-electron chi connectivity index (χ2n) is 6.25. The highest BCUT2D eigenvalue weighted by Gasteiger charge is 2.29. The van der Waals surface area contributed by atoms with Gasteiger partial charge >= 0.3 is 0 Å². The molecule has 24 heavy (non-hydrogen) atoms. The molecule has 128 valence electrons. The van der Waals surface area contributed by atoms with Crippen LogP contribution in [0.5, 0.6) is 0 Å². The van der Waals surface area contributed by atoms with Crippen LogP contribution in [0.15, 0.2) is 60.7 Å². The third kappa shape index (κ3) is 4.55. The van der Waals surface area contributed by atoms with E-state index < -0.39 is 0 Å². The summed E-state index contributed by atoms with van der Waals surface area (Å²) in [6.45, 7) is 9.26. The smallest absolute Gasteiger partial charge is 0.149 e. The Morgan fingerprint density at radius 2 is 1.29 bits per heavy atom. The molecule has 0 aliphatic carbocycles. The molecule has 0 fully saturated rings. The van der Waals surface area contributed by atoms with Gasteiger partial charge in [-0.25, -0.2) is 0 Å². The molecule has 0 saturated heterocycles. The van der Waals surface area contributed by atoms with Crippen molar-refractivity contribution in [2.75, 3.05) is 19.6 Å². The lowest BCUT2D eigenvalue weighted by Crippen LogP contribution is -2.35. The molecule has 0 bridgehead atoms. The minimum Gasteiger partial charge on any atom is -0.303 e. The van der Waals surface area contributed by atoms with E-state index in [0.29, 0.717) is 5.78 Å². The van der Waals surface area contributed by atoms with E-state index in [4.69, 9.17) is 0 Å². The summed E-state index contributed by atoms with van der Waals surface area (Å²) in [5.41, 5.74) is 2.18. The summed E-state index contributed by atoms with van der Waals surface area (Å²) in [5, 5.41) is 0. The standard InChI is InChI=1S/C22H29NO/c1-4-18(17-23(5-2)6-3)22(24)21(19-13-9-7-10-14-19)20-15-11-8-12-16-20/h7-16,18,21H,4-6,17H2,1-3H3. The Labute approximate surface area is 146 Å². The van der Waals surface area contributed by atoms with Crippen molar-refractivity contribution in [3.05, 3.63) is 71.8 Å². The first-order valence-electron chi connectivity index (χ1n) is 9.07. The number of benzene rings is 2. The summed E-state index contributed by atoms with van der Waals surface area (Å²) >= 11 is 0. The van der Waals surface area contributed by atoms with E-state index in [0.717, 1.165) is 37.2 Å². The molecule has 0 amide bonds. The molecular weight excluding hydrogens is 294 g/mol. The van der Waals surface area contributed by atoms with Crippen molar-refractivity contribution in [1.29, 1.82) is 0 Å². The van der Waals surface area contributed by atoms with Crippen LogP contribution < -0.4 is 0 Å². The van der Waals surface area contributed by atoms with E-state index in [1.54, 1.807) is 0 Å². The first-order chi connectivity index (χ1) is 11.7. The van der Waals surface area contributed by atoms with Gasteiger partial charge < -0.3 is 4.90 Å². The number of nitrogens with zero attached hydrogens (tertiary/aromatic N) is 1. The van der Waals surface area contributed by atoms with E-state index in [1.807, 2.05) is 36.4 Å². The second kappa shape index (κ2) is 9.39. The number of Topliss-reactive ketones (excluding diaryl/α,β-unsaturated/α-hetero) is 1. The Morgan fingerprint density at radius 3 is 1.67 bits per heavy atom. The molecule has 1 unspecified atom stereocenters. The summed E-state index contributed by atoms with van der Waals surface area (Å²) in [7, 11) is 0. The van der Waals surface area contributed by atoms with E-state index in [9.17, 15) is 4.79 Å². The maximum absolute atomic E-state index is 13.4. The Balaban J connectivity index is 2.34. The molecule has 0 radical (unpaired) electrons. The Hall–Kier alpha value is -1.93. The molecule has 2 aromatic carbocycles. The quantitative estimate of drug-likeness (QED) is 0.663. The minimum absolute atomic E-state index is 0.0651. The van der Waals surface area contributed by atoms with Crippen LogP contribution in [0.25, 0.3) is 0 Å². The van der Waals surface area contributed by atoms with Crippen LogP contribution in [0.2, 0.25) is 0 Å². The Bertz CT molecular complexity index is 565. The topological polar surface area (TPSA) is 20.3 Å². The highest BCUT2D eigenvalue weighted by molar-refractivity contribution is 5.91. The molecule has 0 spiro atoms. The van der Waals surface area contributed by atoms with E-state index in [2.05, 4.69) is 49.9 Å². The Kier molecular flexibility index (Phi) is 7.20. The van der Waals surface area contributed by atoms with Crippen LogP contribution in [-0.4, -0.2) is 30.3 Å². The summed E-state index contributed by atoms with van der Waals surface area (Å²) in [4.78, 5) is 15.8. The van der Waals surface area contributed by atoms with Crippen LogP contribution in [0.3, 0.4) is 0 Å². The second-order valence-corrected chi connectivity index (χ2v) is 6.25. The molecular formula is C22H29NO. The number of rotatable bonds is 9. The minimum atomic E-state index is -0.173. The molecule has 2 nitrogen and oxygen atoms in total. The molecule has 1 atom stereocenters. The molecule has 0 N–H and O–H groups in total. The number of carbonyl (C=O) groups excluding carboxylic acids is 1. The zero-order chi connectivity index (χ0) is 17.4. The highest BCUT2D eigenvalue weighted by Crippen LogP contribution is 2.29. The van der Waals surface area contributed by atoms with Gasteiger partial charge in [0.25, 0.3) is 0 Å². The summed E-state index contributed by atoms with van der Waals surface area (Å²) < 4.78 is 0. The average molecular weight is 323 g/mol. The monoisotopic (exact) mass is 323 g/mol. The molecule has 0 heterocycles. The van der Waals surface area contributed by atoms with Gasteiger partial charge in [-0.1, -0.05) is 81.4 Å². The normalized spacial score (nSPS) is 12.5. The van der Waals surface area contributed by atoms with Gasteiger partial charge in [0.2, 0.25) is 0 Å². The van der Waals surface area contributed by atoms with Gasteiger partial charge in [-0.05, 0) is 30.6 Å². The van der Waals surface area contributed by atoms with Crippen LogP contribution in [0.1, 0.15) is 44.2 Å². The van der Waals surface area contributed by atoms with Crippen molar-refractivity contribution in [1.82, 2.24) is 4.90 Å². The molecule has 2 heteroatoms. The van der Waals surface area contributed by atoms with Crippen molar-refractivity contribution in [3.8, 4) is 0 Å². The zero-order valence-corrected chi connectivity index (χ0v) is 15.1. The summed E-state index contributed by atoms with van der Waals surface area (Å²) in [6.07, 6.45) is 0.880. The van der Waals surface area contributed by atoms with Crippen molar-refractivity contribution < 1.29 is 4.79 Å². The third-order valence-electron chi connectivity index (χ3n) is 4.82. The molecule has 0 aliphatic heterocycles. The van der Waals surface area contributed by atoms with Crippen molar-refractivity contribution >= 4 is 5.78 Å². The lowest BCUT2D eigenvalue weighted by atomic mass is 9.81. The summed E-state index contributed by atoms with van der Waals surface area (Å²) in [6, 6.07) is 20.4. The van der Waals surface area contributed by atoms with Crippen LogP contribution in [0.4, 0.5) is 0 Å². The fourth-order valence-corrected chi connectivity index (χ4v) is 3.26. The SMILES string of the molecule is CCC(CN(CC)CC)C(=O)C(c1ccccc1)c1ccccc1. The molecule has 0 aromatic heterocycles. The zero-order valence-electron chi connectivity index (χ0n) is 15.1. The number of carbonyl (C=O) groups is 1. The van der Waals surface area contributed by atoms with Gasteiger partial charge in [0.1, 0.15) is 5.78 Å². The van der Waals surface area contributed by atoms with Gasteiger partial charge in [-0.2, -0.15) is 0 Å². The van der Waals surface area contributed by atoms with Gasteiger partial charge in [0.05, 0.1) is 5.92 Å². The van der Waals surface area contributed by atoms with Crippen LogP contribution >= 0.6 is 0 Å². The van der Waals surface area contributed by atoms with E-state index in [-0.39, 0.29) is 11.8 Å². The van der Waals surface area contributed by atoms with Crippen molar-refractivity contribution in [2.24, 2.45) is 5.92 Å². The van der Waals surface area contributed by atoms with Crippen LogP contribution in [0, 0.1) is 5.92 Å². The number of ketones is 1. The predicted molar refractivity (Wildman–Crippen MR) is 101 cm³/mol. The molecule has 0 aliphatic rings. The van der Waals surface area contributed by atoms with Crippen molar-refractivity contribution in [2.45, 2.75) is 33.1 Å². The lowest BCUT2D eigenvalue weighted by Gasteiger charge is -2.27. The number of hydrogen-bond donors (Lipinski definition) is 0. The third-order valence-corrected chi connectivity index (χ3v) is 4.82. The van der Waals surface area contributed by atoms with Gasteiger partial charge in [-0.3, -0.25) is 4.79 Å². The van der Waals surface area contributed by atoms with E-state index >= 15 is 0 Å². The fraction of sp³-hybridized carbons (Fsp3) is 0.409. The first-order valence-corrected chi connectivity index (χ1v) is 9.07. The fourth-order valence-electron chi connectivity index (χ4n) is 3.26. The first kappa shape index (κ1) is 18.4. The lowest BCUT2D eigenvalue weighted by molar-refractivity contribution is -0.124. The van der Waals surface area contributed by atoms with Crippen molar-refractivity contribution in [3.63, 3.8) is 0 Å². The van der Waals surface area contributed by atoms with Crippen LogP contribution in [-0.2, 0) is 4.79 Å². The maximum atomic E-state index is 13.4. The highest BCUT2D eigenvalue weighted by atomic mass is 16.1. The predicted octanol–water partition coefficient (Wildman–Crippen LogP) is 4.76.